The van der Waals surface area contributed by atoms with E-state index in [9.17, 15) is 8.42 Å². The topological polar surface area (TPSA) is 106 Å². The third-order valence-electron chi connectivity index (χ3n) is 10.5. The number of halogens is 1. The lowest BCUT2D eigenvalue weighted by Crippen LogP contribution is -2.54. The van der Waals surface area contributed by atoms with Crippen LogP contribution in [-0.2, 0) is 14.6 Å². The number of nitrogens with one attached hydrogen (secondary N) is 2. The Morgan fingerprint density at radius 1 is 0.960 bits per heavy atom. The molecule has 2 aliphatic carbocycles. The Balaban J connectivity index is 1.20. The van der Waals surface area contributed by atoms with Crippen LogP contribution in [0.1, 0.15) is 83.8 Å². The van der Waals surface area contributed by atoms with Crippen molar-refractivity contribution in [3.05, 3.63) is 64.8 Å². The summed E-state index contributed by atoms with van der Waals surface area (Å²) in [6.45, 7) is 11.3. The molecule has 1 saturated heterocycles. The molecule has 11 heteroatoms. The molecule has 3 fully saturated rings. The summed E-state index contributed by atoms with van der Waals surface area (Å²) in [5, 5.41) is 6.23. The molecule has 0 spiro atoms. The zero-order valence-electron chi connectivity index (χ0n) is 29.8. The van der Waals surface area contributed by atoms with Gasteiger partial charge in [0.2, 0.25) is 5.95 Å². The lowest BCUT2D eigenvalue weighted by Gasteiger charge is -2.48. The number of para-hydroxylation sites is 1. The second kappa shape index (κ2) is 14.4. The average molecular weight is 720 g/mol. The van der Waals surface area contributed by atoms with Gasteiger partial charge in [-0.1, -0.05) is 29.8 Å². The van der Waals surface area contributed by atoms with Crippen LogP contribution >= 0.6 is 11.6 Å². The number of ether oxygens (including phenoxy) is 2. The molecule has 0 amide bonds. The van der Waals surface area contributed by atoms with Gasteiger partial charge in [-0.05, 0) is 132 Å². The number of rotatable bonds is 12. The van der Waals surface area contributed by atoms with Crippen LogP contribution in [0.15, 0.2) is 53.6 Å². The summed E-state index contributed by atoms with van der Waals surface area (Å²) in [5.74, 6) is 2.87. The van der Waals surface area contributed by atoms with Crippen LogP contribution in [-0.4, -0.2) is 66.0 Å². The van der Waals surface area contributed by atoms with Crippen molar-refractivity contribution in [1.82, 2.24) is 14.9 Å². The number of benzene rings is 2. The third kappa shape index (κ3) is 7.54. The van der Waals surface area contributed by atoms with Gasteiger partial charge >= 0.3 is 0 Å². The highest BCUT2D eigenvalue weighted by atomic mass is 35.5. The molecule has 2 atom stereocenters. The fourth-order valence-corrected chi connectivity index (χ4v) is 8.98. The van der Waals surface area contributed by atoms with E-state index in [1.54, 1.807) is 38.1 Å². The third-order valence-corrected chi connectivity index (χ3v) is 13.0. The predicted molar refractivity (Wildman–Crippen MR) is 201 cm³/mol. The van der Waals surface area contributed by atoms with Gasteiger partial charge in [0.15, 0.2) is 15.7 Å². The monoisotopic (exact) mass is 719 g/mol. The standard InChI is InChI=1S/C39H50ClN5O4S/c1-23(2)49-36-21-30(28-19-34(26-10-11-26)45(29-14-16-48-17-15-29)35(20-28)27-12-13-27)25(5)18-33(36)43-39-41-22-31(40)38(44-39)42-32-8-6-7-9-37(32)50(46,47)24(3)4/h6-9,18-19,21-24,26-27,29,34-35H,10-17,20H2,1-5H3,(H2,41,42,43,44)/t34?,35-/m1/s1. The number of hydrogen-bond donors (Lipinski definition) is 2. The molecular formula is C39H50ClN5O4S. The Morgan fingerprint density at radius 3 is 2.36 bits per heavy atom. The lowest BCUT2D eigenvalue weighted by atomic mass is 9.83. The molecule has 2 aliphatic heterocycles. The fourth-order valence-electron chi connectivity index (χ4n) is 7.64. The van der Waals surface area contributed by atoms with Crippen molar-refractivity contribution < 1.29 is 17.9 Å². The zero-order valence-corrected chi connectivity index (χ0v) is 31.4. The van der Waals surface area contributed by atoms with Crippen molar-refractivity contribution in [1.29, 1.82) is 0 Å². The highest BCUT2D eigenvalue weighted by Crippen LogP contribution is 2.50. The van der Waals surface area contributed by atoms with Gasteiger partial charge in [0.05, 0.1) is 33.8 Å². The van der Waals surface area contributed by atoms with Crippen molar-refractivity contribution in [3.8, 4) is 5.75 Å². The summed E-state index contributed by atoms with van der Waals surface area (Å²) in [6, 6.07) is 12.8. The highest BCUT2D eigenvalue weighted by molar-refractivity contribution is 7.92. The lowest BCUT2D eigenvalue weighted by molar-refractivity contribution is -0.00698. The van der Waals surface area contributed by atoms with Gasteiger partial charge in [0.1, 0.15) is 10.8 Å². The van der Waals surface area contributed by atoms with Crippen molar-refractivity contribution >= 4 is 50.2 Å². The van der Waals surface area contributed by atoms with Gasteiger partial charge in [-0.3, -0.25) is 4.90 Å². The van der Waals surface area contributed by atoms with E-state index in [4.69, 9.17) is 21.1 Å². The Kier molecular flexibility index (Phi) is 10.2. The molecule has 1 aromatic heterocycles. The normalized spacial score (nSPS) is 22.1. The number of anilines is 4. The molecule has 2 aromatic carbocycles. The second-order valence-corrected chi connectivity index (χ2v) is 17.9. The minimum atomic E-state index is -3.55. The smallest absolute Gasteiger partial charge is 0.229 e. The van der Waals surface area contributed by atoms with Gasteiger partial charge in [0, 0.05) is 31.3 Å². The Hall–Kier alpha value is -3.18. The number of sulfone groups is 1. The molecule has 50 heavy (non-hydrogen) atoms. The first-order valence-electron chi connectivity index (χ1n) is 18.3. The van der Waals surface area contributed by atoms with Gasteiger partial charge in [-0.2, -0.15) is 4.98 Å². The number of aromatic nitrogens is 2. The first-order chi connectivity index (χ1) is 24.0. The van der Waals surface area contributed by atoms with E-state index in [1.165, 1.54) is 48.6 Å². The summed E-state index contributed by atoms with van der Waals surface area (Å²) < 4.78 is 38.4. The van der Waals surface area contributed by atoms with E-state index in [0.29, 0.717) is 35.6 Å². The fraction of sp³-hybridized carbons (Fsp3) is 0.538. The molecule has 268 valence electrons. The SMILES string of the molecule is Cc1cc(Nc2ncc(Cl)c(Nc3ccccc3S(=O)(=O)C(C)C)n2)c(OC(C)C)cc1C1=CC(C2CC2)N(C2CCOCC2)[C@@H](C2CC2)C1. The molecule has 2 saturated carbocycles. The van der Waals surface area contributed by atoms with Crippen LogP contribution in [0.3, 0.4) is 0 Å². The van der Waals surface area contributed by atoms with E-state index in [-0.39, 0.29) is 16.0 Å². The van der Waals surface area contributed by atoms with Crippen LogP contribution < -0.4 is 15.4 Å². The maximum Gasteiger partial charge on any atom is 0.229 e. The van der Waals surface area contributed by atoms with E-state index < -0.39 is 15.1 Å². The first-order valence-corrected chi connectivity index (χ1v) is 20.2. The maximum absolute atomic E-state index is 13.1. The summed E-state index contributed by atoms with van der Waals surface area (Å²) in [4.78, 5) is 12.3. The van der Waals surface area contributed by atoms with Crippen molar-refractivity contribution in [2.45, 2.75) is 114 Å². The van der Waals surface area contributed by atoms with E-state index in [1.807, 2.05) is 13.8 Å². The largest absolute Gasteiger partial charge is 0.489 e. The minimum absolute atomic E-state index is 0.0448. The van der Waals surface area contributed by atoms with Crippen LogP contribution in [0.4, 0.5) is 23.1 Å². The molecule has 7 rings (SSSR count). The number of hydrogen-bond acceptors (Lipinski definition) is 9. The Morgan fingerprint density at radius 2 is 1.68 bits per heavy atom. The summed E-state index contributed by atoms with van der Waals surface area (Å²) >= 11 is 6.54. The maximum atomic E-state index is 13.1. The molecule has 0 bridgehead atoms. The first kappa shape index (κ1) is 35.2. The average Bonchev–Trinajstić information content (AvgIpc) is 4.01. The summed E-state index contributed by atoms with van der Waals surface area (Å²) in [7, 11) is -3.55. The molecule has 0 radical (unpaired) electrons. The molecule has 1 unspecified atom stereocenters. The summed E-state index contributed by atoms with van der Waals surface area (Å²) in [6.07, 6.45) is 12.7. The van der Waals surface area contributed by atoms with Crippen molar-refractivity contribution in [2.75, 3.05) is 23.8 Å². The van der Waals surface area contributed by atoms with Crippen molar-refractivity contribution in [2.24, 2.45) is 11.8 Å². The van der Waals surface area contributed by atoms with Gasteiger partial charge in [0.25, 0.3) is 0 Å². The number of nitrogens with zero attached hydrogens (tertiary/aromatic N) is 3. The van der Waals surface area contributed by atoms with E-state index >= 15 is 0 Å². The van der Waals surface area contributed by atoms with Gasteiger partial charge < -0.3 is 20.1 Å². The van der Waals surface area contributed by atoms with Crippen molar-refractivity contribution in [3.63, 3.8) is 0 Å². The highest BCUT2D eigenvalue weighted by Gasteiger charge is 2.47. The molecule has 9 nitrogen and oxygen atoms in total. The molecule has 3 aromatic rings. The zero-order chi connectivity index (χ0) is 35.2. The van der Waals surface area contributed by atoms with Crippen LogP contribution in [0.2, 0.25) is 5.02 Å². The Bertz CT molecular complexity index is 1850. The minimum Gasteiger partial charge on any atom is -0.489 e. The number of aryl methyl sites for hydroxylation is 1. The van der Waals surface area contributed by atoms with E-state index in [2.05, 4.69) is 50.6 Å². The van der Waals surface area contributed by atoms with Crippen LogP contribution in [0.25, 0.3) is 5.57 Å². The molecule has 4 aliphatic rings. The van der Waals surface area contributed by atoms with Gasteiger partial charge in [-0.15, -0.1) is 0 Å². The molecule has 2 N–H and O–H groups in total. The van der Waals surface area contributed by atoms with Crippen LogP contribution in [0.5, 0.6) is 5.75 Å². The molecular weight excluding hydrogens is 670 g/mol. The van der Waals surface area contributed by atoms with E-state index in [0.717, 1.165) is 55.7 Å². The molecule has 3 heterocycles. The van der Waals surface area contributed by atoms with Gasteiger partial charge in [-0.25, -0.2) is 13.4 Å². The van der Waals surface area contributed by atoms with Crippen LogP contribution in [0, 0.1) is 18.8 Å². The quantitative estimate of drug-likeness (QED) is 0.190. The Labute approximate surface area is 302 Å². The second-order valence-electron chi connectivity index (χ2n) is 15.0. The predicted octanol–water partition coefficient (Wildman–Crippen LogP) is 8.72. The summed E-state index contributed by atoms with van der Waals surface area (Å²) in [5.41, 5.74) is 5.01.